The average molecular weight is 442 g/mol. The largest absolute Gasteiger partial charge is 0.339 e. The minimum atomic E-state index is -3.49. The van der Waals surface area contributed by atoms with Crippen LogP contribution in [0, 0.1) is 5.92 Å². The number of benzene rings is 1. The second-order valence-corrected chi connectivity index (χ2v) is 9.61. The molecule has 0 atom stereocenters. The minimum Gasteiger partial charge on any atom is -0.339 e. The van der Waals surface area contributed by atoms with Crippen molar-refractivity contribution in [3.63, 3.8) is 0 Å². The Balaban J connectivity index is 1.28. The number of anilines is 1. The standard InChI is InChI=1S/C22H27N5O3S/c28-21(25-14-16-26(17-15-25)22-23-10-4-11-24-22)20-7-12-27(13-8-20)31(29,30)18-9-19-5-2-1-3-6-19/h1-6,9-11,18,20H,7-8,12-17H2. The number of piperazine rings is 1. The number of nitrogens with zero attached hydrogens (tertiary/aromatic N) is 5. The lowest BCUT2D eigenvalue weighted by Gasteiger charge is -2.38. The van der Waals surface area contributed by atoms with Gasteiger partial charge in [-0.15, -0.1) is 0 Å². The number of hydrogen-bond donors (Lipinski definition) is 0. The number of amides is 1. The van der Waals surface area contributed by atoms with Gasteiger partial charge in [0.2, 0.25) is 21.9 Å². The molecule has 0 saturated carbocycles. The summed E-state index contributed by atoms with van der Waals surface area (Å²) in [6.45, 7) is 3.41. The summed E-state index contributed by atoms with van der Waals surface area (Å²) in [5, 5.41) is 1.26. The van der Waals surface area contributed by atoms with E-state index in [1.165, 1.54) is 9.71 Å². The van der Waals surface area contributed by atoms with Gasteiger partial charge in [0.25, 0.3) is 0 Å². The molecule has 31 heavy (non-hydrogen) atoms. The third kappa shape index (κ3) is 5.29. The second-order valence-electron chi connectivity index (χ2n) is 7.79. The topological polar surface area (TPSA) is 86.7 Å². The molecule has 2 aliphatic rings. The third-order valence-corrected chi connectivity index (χ3v) is 7.39. The summed E-state index contributed by atoms with van der Waals surface area (Å²) in [7, 11) is -3.49. The molecule has 0 bridgehead atoms. The monoisotopic (exact) mass is 441 g/mol. The van der Waals surface area contributed by atoms with E-state index < -0.39 is 10.0 Å². The second kappa shape index (κ2) is 9.57. The Morgan fingerprint density at radius 2 is 1.55 bits per heavy atom. The molecule has 1 aromatic carbocycles. The van der Waals surface area contributed by atoms with Crippen LogP contribution < -0.4 is 4.90 Å². The summed E-state index contributed by atoms with van der Waals surface area (Å²) >= 11 is 0. The minimum absolute atomic E-state index is 0.121. The number of carbonyl (C=O) groups is 1. The Bertz CT molecular complexity index is 998. The van der Waals surface area contributed by atoms with Crippen molar-refractivity contribution in [2.24, 2.45) is 5.92 Å². The van der Waals surface area contributed by atoms with E-state index in [1.54, 1.807) is 24.5 Å². The van der Waals surface area contributed by atoms with E-state index in [1.807, 2.05) is 35.2 Å². The molecule has 2 aliphatic heterocycles. The van der Waals surface area contributed by atoms with Gasteiger partial charge in [-0.2, -0.15) is 4.31 Å². The van der Waals surface area contributed by atoms with Gasteiger partial charge in [-0.3, -0.25) is 4.79 Å². The van der Waals surface area contributed by atoms with Crippen molar-refractivity contribution in [1.29, 1.82) is 0 Å². The molecular formula is C22H27N5O3S. The van der Waals surface area contributed by atoms with Crippen LogP contribution in [0.15, 0.2) is 54.2 Å². The normalized spacial score (nSPS) is 19.1. The van der Waals surface area contributed by atoms with Gasteiger partial charge in [0.05, 0.1) is 0 Å². The molecule has 2 fully saturated rings. The van der Waals surface area contributed by atoms with Crippen LogP contribution >= 0.6 is 0 Å². The van der Waals surface area contributed by atoms with Gasteiger partial charge in [-0.1, -0.05) is 30.3 Å². The quantitative estimate of drug-likeness (QED) is 0.704. The molecule has 0 radical (unpaired) electrons. The van der Waals surface area contributed by atoms with Crippen molar-refractivity contribution < 1.29 is 13.2 Å². The van der Waals surface area contributed by atoms with E-state index in [0.29, 0.717) is 58.1 Å². The summed E-state index contributed by atoms with van der Waals surface area (Å²) in [5.41, 5.74) is 0.844. The van der Waals surface area contributed by atoms with Gasteiger partial charge in [0.1, 0.15) is 0 Å². The lowest BCUT2D eigenvalue weighted by molar-refractivity contribution is -0.137. The van der Waals surface area contributed by atoms with Crippen LogP contribution in [0.3, 0.4) is 0 Å². The van der Waals surface area contributed by atoms with Gasteiger partial charge in [-0.25, -0.2) is 18.4 Å². The SMILES string of the molecule is O=C(C1CCN(S(=O)(=O)C=Cc2ccccc2)CC1)N1CCN(c2ncccn2)CC1. The Labute approximate surface area is 183 Å². The van der Waals surface area contributed by atoms with Crippen molar-refractivity contribution in [1.82, 2.24) is 19.2 Å². The summed E-state index contributed by atoms with van der Waals surface area (Å²) in [5.74, 6) is 0.700. The summed E-state index contributed by atoms with van der Waals surface area (Å²) in [6.07, 6.45) is 6.16. The van der Waals surface area contributed by atoms with E-state index >= 15 is 0 Å². The first-order valence-electron chi connectivity index (χ1n) is 10.6. The highest BCUT2D eigenvalue weighted by Crippen LogP contribution is 2.23. The Morgan fingerprint density at radius 3 is 2.19 bits per heavy atom. The van der Waals surface area contributed by atoms with Gasteiger partial charge >= 0.3 is 0 Å². The van der Waals surface area contributed by atoms with Crippen molar-refractivity contribution in [3.05, 3.63) is 59.8 Å². The molecule has 9 heteroatoms. The van der Waals surface area contributed by atoms with Crippen molar-refractivity contribution >= 4 is 28.0 Å². The van der Waals surface area contributed by atoms with E-state index in [9.17, 15) is 13.2 Å². The van der Waals surface area contributed by atoms with Gasteiger partial charge < -0.3 is 9.80 Å². The maximum atomic E-state index is 13.0. The lowest BCUT2D eigenvalue weighted by Crippen LogP contribution is -2.52. The zero-order valence-electron chi connectivity index (χ0n) is 17.4. The zero-order chi connectivity index (χ0) is 21.7. The van der Waals surface area contributed by atoms with Crippen LogP contribution in [0.4, 0.5) is 5.95 Å². The molecule has 1 aromatic heterocycles. The fourth-order valence-corrected chi connectivity index (χ4v) is 5.23. The van der Waals surface area contributed by atoms with E-state index in [4.69, 9.17) is 0 Å². The van der Waals surface area contributed by atoms with Crippen LogP contribution in [-0.2, 0) is 14.8 Å². The maximum absolute atomic E-state index is 13.0. The van der Waals surface area contributed by atoms with Crippen molar-refractivity contribution in [2.45, 2.75) is 12.8 Å². The summed E-state index contributed by atoms with van der Waals surface area (Å²) < 4.78 is 26.7. The molecule has 0 aliphatic carbocycles. The molecule has 0 spiro atoms. The highest BCUT2D eigenvalue weighted by atomic mass is 32.2. The molecule has 1 amide bonds. The number of piperidine rings is 1. The number of rotatable bonds is 5. The highest BCUT2D eigenvalue weighted by molar-refractivity contribution is 7.92. The molecule has 3 heterocycles. The zero-order valence-corrected chi connectivity index (χ0v) is 18.2. The van der Waals surface area contributed by atoms with E-state index in [-0.39, 0.29) is 11.8 Å². The molecule has 164 valence electrons. The Kier molecular flexibility index (Phi) is 6.62. The highest BCUT2D eigenvalue weighted by Gasteiger charge is 2.33. The van der Waals surface area contributed by atoms with E-state index in [2.05, 4.69) is 14.9 Å². The first-order valence-corrected chi connectivity index (χ1v) is 12.1. The van der Waals surface area contributed by atoms with Crippen LogP contribution in [-0.4, -0.2) is 72.8 Å². The smallest absolute Gasteiger partial charge is 0.236 e. The molecule has 2 aromatic rings. The van der Waals surface area contributed by atoms with Crippen LogP contribution in [0.1, 0.15) is 18.4 Å². The molecule has 2 saturated heterocycles. The fourth-order valence-electron chi connectivity index (χ4n) is 4.01. The molecule has 0 unspecified atom stereocenters. The number of hydrogen-bond acceptors (Lipinski definition) is 6. The summed E-state index contributed by atoms with van der Waals surface area (Å²) in [6, 6.07) is 11.1. The van der Waals surface area contributed by atoms with Crippen LogP contribution in [0.25, 0.3) is 6.08 Å². The molecule has 8 nitrogen and oxygen atoms in total. The predicted octanol–water partition coefficient (Wildman–Crippen LogP) is 1.84. The van der Waals surface area contributed by atoms with Gasteiger partial charge in [0.15, 0.2) is 0 Å². The lowest BCUT2D eigenvalue weighted by atomic mass is 9.96. The van der Waals surface area contributed by atoms with Crippen LogP contribution in [0.2, 0.25) is 0 Å². The number of carbonyl (C=O) groups excluding carboxylic acids is 1. The van der Waals surface area contributed by atoms with Crippen LogP contribution in [0.5, 0.6) is 0 Å². The van der Waals surface area contributed by atoms with E-state index in [0.717, 1.165) is 5.56 Å². The Morgan fingerprint density at radius 1 is 0.903 bits per heavy atom. The predicted molar refractivity (Wildman–Crippen MR) is 120 cm³/mol. The number of sulfonamides is 1. The van der Waals surface area contributed by atoms with Crippen molar-refractivity contribution in [2.75, 3.05) is 44.2 Å². The van der Waals surface area contributed by atoms with Crippen molar-refractivity contribution in [3.8, 4) is 0 Å². The third-order valence-electron chi connectivity index (χ3n) is 5.82. The summed E-state index contributed by atoms with van der Waals surface area (Å²) in [4.78, 5) is 25.5. The number of aromatic nitrogens is 2. The molecule has 0 N–H and O–H groups in total. The Hall–Kier alpha value is -2.78. The van der Waals surface area contributed by atoms with Gasteiger partial charge in [0, 0.05) is 63.0 Å². The first kappa shape index (κ1) is 21.5. The first-order chi connectivity index (χ1) is 15.0. The fraction of sp³-hybridized carbons (Fsp3) is 0.409. The average Bonchev–Trinajstić information content (AvgIpc) is 2.84. The molecule has 4 rings (SSSR count). The van der Waals surface area contributed by atoms with Gasteiger partial charge in [-0.05, 0) is 30.5 Å². The maximum Gasteiger partial charge on any atom is 0.236 e. The molecular weight excluding hydrogens is 414 g/mol.